The highest BCUT2D eigenvalue weighted by Gasteiger charge is 2.21. The molecule has 1 aliphatic heterocycles. The Morgan fingerprint density at radius 1 is 1.19 bits per heavy atom. The van der Waals surface area contributed by atoms with E-state index in [2.05, 4.69) is 28.0 Å². The van der Waals surface area contributed by atoms with Crippen LogP contribution < -0.4 is 15.4 Å². The summed E-state index contributed by atoms with van der Waals surface area (Å²) in [4.78, 5) is 28.2. The summed E-state index contributed by atoms with van der Waals surface area (Å²) in [5, 5.41) is 0.941. The van der Waals surface area contributed by atoms with Crippen LogP contribution in [-0.2, 0) is 4.74 Å². The normalized spacial score (nSPS) is 17.1. The molecule has 0 saturated carbocycles. The van der Waals surface area contributed by atoms with Gasteiger partial charge in [-0.15, -0.1) is 11.3 Å². The average Bonchev–Trinajstić information content (AvgIpc) is 3.02. The first kappa shape index (κ1) is 20.0. The summed E-state index contributed by atoms with van der Waals surface area (Å²) in [7, 11) is 4.03. The number of fused-ring (bicyclic) bond motifs is 3. The summed E-state index contributed by atoms with van der Waals surface area (Å²) >= 11 is 1.43. The molecule has 3 aromatic rings. The van der Waals surface area contributed by atoms with Crippen molar-refractivity contribution < 1.29 is 4.74 Å². The molecule has 0 bridgehead atoms. The van der Waals surface area contributed by atoms with E-state index in [0.29, 0.717) is 24.3 Å². The molecule has 2 aliphatic rings. The minimum Gasteiger partial charge on any atom is -0.378 e. The summed E-state index contributed by atoms with van der Waals surface area (Å²) in [5.74, 6) is 0.920. The van der Waals surface area contributed by atoms with Crippen molar-refractivity contribution in [2.75, 3.05) is 50.2 Å². The topological polar surface area (TPSA) is 63.5 Å². The first-order valence-electron chi connectivity index (χ1n) is 10.4. The molecular formula is C23H25N5O2S. The van der Waals surface area contributed by atoms with Crippen LogP contribution in [0.1, 0.15) is 13.3 Å². The van der Waals surface area contributed by atoms with Crippen LogP contribution in [0.25, 0.3) is 26.1 Å². The van der Waals surface area contributed by atoms with Gasteiger partial charge in [-0.05, 0) is 13.0 Å². The van der Waals surface area contributed by atoms with Gasteiger partial charge in [0, 0.05) is 45.4 Å². The maximum absolute atomic E-state index is 13.4. The monoisotopic (exact) mass is 435 g/mol. The van der Waals surface area contributed by atoms with Crippen molar-refractivity contribution in [3.8, 4) is 0 Å². The molecule has 1 aliphatic carbocycles. The molecule has 0 unspecified atom stereocenters. The van der Waals surface area contributed by atoms with Crippen molar-refractivity contribution in [2.24, 2.45) is 0 Å². The molecule has 4 heterocycles. The van der Waals surface area contributed by atoms with Crippen LogP contribution in [0.4, 0.5) is 11.5 Å². The summed E-state index contributed by atoms with van der Waals surface area (Å²) in [6.45, 7) is 5.08. The fourth-order valence-corrected chi connectivity index (χ4v) is 5.08. The lowest BCUT2D eigenvalue weighted by atomic mass is 10.2. The van der Waals surface area contributed by atoms with Gasteiger partial charge in [0.05, 0.1) is 24.3 Å². The van der Waals surface area contributed by atoms with Crippen LogP contribution in [0, 0.1) is 0 Å². The van der Waals surface area contributed by atoms with E-state index in [1.807, 2.05) is 33.2 Å². The lowest BCUT2D eigenvalue weighted by Crippen LogP contribution is -2.36. The van der Waals surface area contributed by atoms with E-state index in [1.54, 1.807) is 10.9 Å². The zero-order valence-corrected chi connectivity index (χ0v) is 18.8. The van der Waals surface area contributed by atoms with Crippen molar-refractivity contribution in [1.29, 1.82) is 0 Å². The quantitative estimate of drug-likeness (QED) is 0.626. The predicted octanol–water partition coefficient (Wildman–Crippen LogP) is 3.66. The molecule has 0 radical (unpaired) electrons. The molecule has 160 valence electrons. The molecule has 31 heavy (non-hydrogen) atoms. The third-order valence-electron chi connectivity index (χ3n) is 5.69. The molecular weight excluding hydrogens is 410 g/mol. The number of allylic oxidation sites excluding steroid dienone is 6. The number of nitrogens with zero attached hydrogens (tertiary/aromatic N) is 5. The maximum atomic E-state index is 13.4. The number of pyridine rings is 1. The molecule has 1 fully saturated rings. The lowest BCUT2D eigenvalue weighted by molar-refractivity contribution is 0.122. The molecule has 1 saturated heterocycles. The largest absolute Gasteiger partial charge is 0.378 e. The minimum atomic E-state index is -0.0433. The molecule has 0 spiro atoms. The molecule has 3 aromatic heterocycles. The van der Waals surface area contributed by atoms with E-state index < -0.39 is 0 Å². The van der Waals surface area contributed by atoms with Crippen LogP contribution in [0.3, 0.4) is 0 Å². The highest BCUT2D eigenvalue weighted by atomic mass is 32.1. The standard InChI is InChI=1S/C23H25N5O2S/c1-15-5-4-6-16(8-7-15)28-14-24-20-19-17(26(2)3)13-18(27-9-11-30-12-10-27)25-22(19)31-21(20)23(28)29/h4-5,7-8,13-14H,6,9-12H2,1-3H3. The molecule has 0 atom stereocenters. The van der Waals surface area contributed by atoms with Gasteiger partial charge in [-0.2, -0.15) is 0 Å². The summed E-state index contributed by atoms with van der Waals surface area (Å²) < 4.78 is 7.79. The van der Waals surface area contributed by atoms with E-state index in [0.717, 1.165) is 51.6 Å². The maximum Gasteiger partial charge on any atom is 0.275 e. The van der Waals surface area contributed by atoms with E-state index >= 15 is 0 Å². The molecule has 8 heteroatoms. The second-order valence-corrected chi connectivity index (χ2v) is 9.05. The minimum absolute atomic E-state index is 0.0433. The highest BCUT2D eigenvalue weighted by Crippen LogP contribution is 2.38. The van der Waals surface area contributed by atoms with Crippen molar-refractivity contribution in [3.05, 3.63) is 52.6 Å². The Kier molecular flexibility index (Phi) is 5.11. The van der Waals surface area contributed by atoms with Gasteiger partial charge in [0.25, 0.3) is 5.56 Å². The van der Waals surface area contributed by atoms with E-state index in [-0.39, 0.29) is 5.56 Å². The molecule has 7 nitrogen and oxygen atoms in total. The molecule has 0 amide bonds. The van der Waals surface area contributed by atoms with E-state index in [1.165, 1.54) is 11.3 Å². The van der Waals surface area contributed by atoms with Gasteiger partial charge in [-0.1, -0.05) is 23.8 Å². The Labute approximate surface area is 184 Å². The van der Waals surface area contributed by atoms with Crippen molar-refractivity contribution in [3.63, 3.8) is 0 Å². The first-order chi connectivity index (χ1) is 15.0. The third-order valence-corrected chi connectivity index (χ3v) is 6.75. The van der Waals surface area contributed by atoms with Gasteiger partial charge < -0.3 is 14.5 Å². The van der Waals surface area contributed by atoms with Crippen LogP contribution in [-0.4, -0.2) is 54.9 Å². The Hall–Kier alpha value is -2.97. The zero-order chi connectivity index (χ0) is 21.5. The van der Waals surface area contributed by atoms with Crippen LogP contribution >= 0.6 is 11.3 Å². The SMILES string of the molecule is CC1=CC=C(n2cnc3c(sc4nc(N5CCOCC5)cc(N(C)C)c43)c2=O)CC=C1. The van der Waals surface area contributed by atoms with Crippen LogP contribution in [0.2, 0.25) is 0 Å². The first-order valence-corrected chi connectivity index (χ1v) is 11.2. The number of thiophene rings is 1. The molecule has 5 rings (SSSR count). The summed E-state index contributed by atoms with van der Waals surface area (Å²) in [6, 6.07) is 2.10. The molecule has 0 aromatic carbocycles. The number of aromatic nitrogens is 3. The number of anilines is 2. The number of hydrogen-bond acceptors (Lipinski definition) is 7. The molecule has 0 N–H and O–H groups in total. The fourth-order valence-electron chi connectivity index (χ4n) is 4.00. The van der Waals surface area contributed by atoms with Crippen LogP contribution in [0.5, 0.6) is 0 Å². The van der Waals surface area contributed by atoms with Gasteiger partial charge >= 0.3 is 0 Å². The van der Waals surface area contributed by atoms with Crippen LogP contribution in [0.15, 0.2) is 47.1 Å². The van der Waals surface area contributed by atoms with Crippen molar-refractivity contribution in [1.82, 2.24) is 14.5 Å². The average molecular weight is 436 g/mol. The third kappa shape index (κ3) is 3.55. The second-order valence-electron chi connectivity index (χ2n) is 8.05. The van der Waals surface area contributed by atoms with Crippen molar-refractivity contribution in [2.45, 2.75) is 13.3 Å². The van der Waals surface area contributed by atoms with E-state index in [9.17, 15) is 4.79 Å². The fraction of sp³-hybridized carbons (Fsp3) is 0.348. The summed E-state index contributed by atoms with van der Waals surface area (Å²) in [6.07, 6.45) is 10.5. The highest BCUT2D eigenvalue weighted by molar-refractivity contribution is 7.25. The summed E-state index contributed by atoms with van der Waals surface area (Å²) in [5.41, 5.74) is 3.78. The van der Waals surface area contributed by atoms with Gasteiger partial charge in [0.1, 0.15) is 27.2 Å². The Morgan fingerprint density at radius 2 is 2.00 bits per heavy atom. The zero-order valence-electron chi connectivity index (χ0n) is 18.0. The van der Waals surface area contributed by atoms with Gasteiger partial charge in [-0.3, -0.25) is 9.36 Å². The number of hydrogen-bond donors (Lipinski definition) is 0. The lowest BCUT2D eigenvalue weighted by Gasteiger charge is -2.28. The Bertz CT molecular complexity index is 1310. The smallest absolute Gasteiger partial charge is 0.275 e. The second kappa shape index (κ2) is 7.94. The van der Waals surface area contributed by atoms with Crippen molar-refractivity contribution >= 4 is 49.0 Å². The van der Waals surface area contributed by atoms with Gasteiger partial charge in [0.2, 0.25) is 0 Å². The predicted molar refractivity (Wildman–Crippen MR) is 128 cm³/mol. The number of rotatable bonds is 3. The van der Waals surface area contributed by atoms with Gasteiger partial charge in [-0.25, -0.2) is 9.97 Å². The van der Waals surface area contributed by atoms with Gasteiger partial charge in [0.15, 0.2) is 0 Å². The van der Waals surface area contributed by atoms with E-state index in [4.69, 9.17) is 14.7 Å². The Morgan fingerprint density at radius 3 is 2.77 bits per heavy atom. The number of morpholine rings is 1. The number of ether oxygens (including phenoxy) is 1. The Balaban J connectivity index is 1.70.